The van der Waals surface area contributed by atoms with Crippen LogP contribution in [0.4, 0.5) is 26.3 Å². The van der Waals surface area contributed by atoms with Gasteiger partial charge < -0.3 is 14.9 Å². The highest BCUT2D eigenvalue weighted by Crippen LogP contribution is 2.31. The number of carboxylic acids is 2. The third-order valence-electron chi connectivity index (χ3n) is 6.13. The van der Waals surface area contributed by atoms with Gasteiger partial charge in [-0.1, -0.05) is 12.8 Å². The van der Waals surface area contributed by atoms with Crippen LogP contribution in [0.5, 0.6) is 0 Å². The number of halogens is 6. The Labute approximate surface area is 203 Å². The largest absolute Gasteiger partial charge is 0.490 e. The van der Waals surface area contributed by atoms with E-state index in [1.807, 2.05) is 17.9 Å². The predicted molar refractivity (Wildman–Crippen MR) is 113 cm³/mol. The molecule has 15 heteroatoms. The normalized spacial score (nSPS) is 23.6. The van der Waals surface area contributed by atoms with Crippen molar-refractivity contribution in [3.05, 3.63) is 18.0 Å². The molecule has 9 nitrogen and oxygen atoms in total. The van der Waals surface area contributed by atoms with Crippen LogP contribution in [0.3, 0.4) is 0 Å². The minimum atomic E-state index is -5.08. The molecule has 1 saturated carbocycles. The van der Waals surface area contributed by atoms with E-state index >= 15 is 0 Å². The molecule has 3 heterocycles. The van der Waals surface area contributed by atoms with Gasteiger partial charge in [0.1, 0.15) is 0 Å². The van der Waals surface area contributed by atoms with Gasteiger partial charge in [0.25, 0.3) is 0 Å². The van der Waals surface area contributed by atoms with E-state index in [1.54, 1.807) is 0 Å². The molecule has 206 valence electrons. The van der Waals surface area contributed by atoms with E-state index in [4.69, 9.17) is 24.5 Å². The van der Waals surface area contributed by atoms with Gasteiger partial charge in [-0.2, -0.15) is 31.4 Å². The Balaban J connectivity index is 0.000000271. The summed E-state index contributed by atoms with van der Waals surface area (Å²) in [6.45, 7) is 6.49. The summed E-state index contributed by atoms with van der Waals surface area (Å²) in [5, 5.41) is 18.5. The lowest BCUT2D eigenvalue weighted by Crippen LogP contribution is -2.34. The quantitative estimate of drug-likeness (QED) is 0.573. The van der Waals surface area contributed by atoms with Crippen LogP contribution in [0.1, 0.15) is 31.2 Å². The molecule has 3 fully saturated rings. The lowest BCUT2D eigenvalue weighted by molar-refractivity contribution is -0.193. The van der Waals surface area contributed by atoms with Crippen LogP contribution < -0.4 is 0 Å². The second-order valence-electron chi connectivity index (χ2n) is 8.92. The number of nitrogens with zero attached hydrogens (tertiary/aromatic N) is 4. The van der Waals surface area contributed by atoms with Gasteiger partial charge in [0.15, 0.2) is 0 Å². The maximum Gasteiger partial charge on any atom is 0.490 e. The Bertz CT molecular complexity index is 833. The maximum atomic E-state index is 10.6. The van der Waals surface area contributed by atoms with Crippen molar-refractivity contribution >= 4 is 11.9 Å². The van der Waals surface area contributed by atoms with Crippen LogP contribution in [0.25, 0.3) is 0 Å². The number of hydrogen-bond donors (Lipinski definition) is 2. The highest BCUT2D eigenvalue weighted by atomic mass is 19.4. The van der Waals surface area contributed by atoms with Gasteiger partial charge in [0.05, 0.1) is 18.9 Å². The summed E-state index contributed by atoms with van der Waals surface area (Å²) in [6.07, 6.45) is 0.0532. The Morgan fingerprint density at radius 1 is 1.03 bits per heavy atom. The van der Waals surface area contributed by atoms with Crippen molar-refractivity contribution in [1.29, 1.82) is 0 Å². The fraction of sp³-hybridized carbons (Fsp3) is 0.762. The summed E-state index contributed by atoms with van der Waals surface area (Å²) >= 11 is 0. The number of carboxylic acid groups (broad SMARTS) is 2. The average Bonchev–Trinajstić information content (AvgIpc) is 3.48. The molecule has 0 spiro atoms. The molecule has 1 aliphatic carbocycles. The average molecular weight is 532 g/mol. The first-order valence-corrected chi connectivity index (χ1v) is 11.3. The fourth-order valence-electron chi connectivity index (χ4n) is 4.52. The molecule has 2 N–H and O–H groups in total. The number of alkyl halides is 6. The second-order valence-corrected chi connectivity index (χ2v) is 8.92. The Morgan fingerprint density at radius 3 is 2.06 bits per heavy atom. The zero-order valence-electron chi connectivity index (χ0n) is 19.6. The molecule has 2 atom stereocenters. The number of aryl methyl sites for hydroxylation is 1. The Kier molecular flexibility index (Phi) is 10.5. The SMILES string of the molecule is Cn1cc(CN2CCO[C@@H]3CN(C4CCCC4)C[C@@H]3C2)cn1.O=C(O)C(F)(F)F.O=C(O)C(F)(F)F. The highest BCUT2D eigenvalue weighted by molar-refractivity contribution is 5.73. The van der Waals surface area contributed by atoms with Gasteiger partial charge in [0, 0.05) is 63.5 Å². The van der Waals surface area contributed by atoms with E-state index in [0.717, 1.165) is 32.3 Å². The zero-order valence-corrected chi connectivity index (χ0v) is 19.6. The van der Waals surface area contributed by atoms with Gasteiger partial charge in [-0.05, 0) is 12.8 Å². The van der Waals surface area contributed by atoms with Crippen LogP contribution in [-0.2, 0) is 27.9 Å². The van der Waals surface area contributed by atoms with Gasteiger partial charge in [-0.3, -0.25) is 14.5 Å². The van der Waals surface area contributed by atoms with Crippen molar-refractivity contribution in [3.8, 4) is 0 Å². The molecule has 0 amide bonds. The standard InChI is InChI=1S/C17H28N4O.2C2HF3O2/c1-19-9-14(8-18-19)10-20-6-7-22-17-13-21(12-15(17)11-20)16-4-2-3-5-16;2*3-2(4,5)1(6)7/h8-9,15-17H,2-7,10-13H2,1H3;2*(H,6,7)/t15-,17+;;/m0../s1. The number of likely N-dealkylation sites (tertiary alicyclic amines) is 1. The molecule has 1 aromatic rings. The third-order valence-corrected chi connectivity index (χ3v) is 6.13. The first-order chi connectivity index (χ1) is 16.7. The van der Waals surface area contributed by atoms with Crippen LogP contribution in [-0.4, -0.2) is 99.0 Å². The summed E-state index contributed by atoms with van der Waals surface area (Å²) in [5.74, 6) is -4.83. The number of fused-ring (bicyclic) bond motifs is 1. The summed E-state index contributed by atoms with van der Waals surface area (Å²) in [6, 6.07) is 0.835. The molecule has 36 heavy (non-hydrogen) atoms. The first-order valence-electron chi connectivity index (χ1n) is 11.3. The van der Waals surface area contributed by atoms with Crippen molar-refractivity contribution in [2.75, 3.05) is 32.8 Å². The van der Waals surface area contributed by atoms with Crippen molar-refractivity contribution < 1.29 is 50.9 Å². The molecular formula is C21H30F6N4O5. The van der Waals surface area contributed by atoms with Crippen LogP contribution >= 0.6 is 0 Å². The van der Waals surface area contributed by atoms with E-state index < -0.39 is 24.3 Å². The summed E-state index contributed by atoms with van der Waals surface area (Å²) < 4.78 is 71.6. The number of aliphatic carboxylic acids is 2. The molecule has 0 radical (unpaired) electrons. The van der Waals surface area contributed by atoms with Crippen LogP contribution in [0.15, 0.2) is 12.4 Å². The Morgan fingerprint density at radius 2 is 1.58 bits per heavy atom. The third kappa shape index (κ3) is 9.58. The summed E-state index contributed by atoms with van der Waals surface area (Å²) in [5.41, 5.74) is 1.31. The van der Waals surface area contributed by atoms with E-state index in [0.29, 0.717) is 12.0 Å². The number of aromatic nitrogens is 2. The fourth-order valence-corrected chi connectivity index (χ4v) is 4.52. The summed E-state index contributed by atoms with van der Waals surface area (Å²) in [4.78, 5) is 23.1. The van der Waals surface area contributed by atoms with Crippen molar-refractivity contribution in [2.24, 2.45) is 13.0 Å². The van der Waals surface area contributed by atoms with E-state index in [9.17, 15) is 26.3 Å². The number of carbonyl (C=O) groups is 2. The monoisotopic (exact) mass is 532 g/mol. The van der Waals surface area contributed by atoms with Gasteiger partial charge in [0.2, 0.25) is 0 Å². The number of hydrogen-bond acceptors (Lipinski definition) is 6. The molecule has 2 saturated heterocycles. The molecule has 0 aromatic carbocycles. The predicted octanol–water partition coefficient (Wildman–Crippen LogP) is 2.76. The van der Waals surface area contributed by atoms with E-state index in [2.05, 4.69) is 21.1 Å². The van der Waals surface area contributed by atoms with Crippen molar-refractivity contribution in [3.63, 3.8) is 0 Å². The highest BCUT2D eigenvalue weighted by Gasteiger charge is 2.40. The topological polar surface area (TPSA) is 108 Å². The lowest BCUT2D eigenvalue weighted by atomic mass is 10.1. The molecule has 0 bridgehead atoms. The van der Waals surface area contributed by atoms with Crippen LogP contribution in [0, 0.1) is 5.92 Å². The van der Waals surface area contributed by atoms with Crippen molar-refractivity contribution in [2.45, 2.75) is 56.7 Å². The smallest absolute Gasteiger partial charge is 0.475 e. The summed E-state index contributed by atoms with van der Waals surface area (Å²) in [7, 11) is 1.99. The molecular weight excluding hydrogens is 502 g/mol. The van der Waals surface area contributed by atoms with Crippen LogP contribution in [0.2, 0.25) is 0 Å². The molecule has 2 aliphatic heterocycles. The zero-order chi connectivity index (χ0) is 27.1. The number of ether oxygens (including phenoxy) is 1. The van der Waals surface area contributed by atoms with E-state index in [-0.39, 0.29) is 0 Å². The maximum absolute atomic E-state index is 10.6. The number of rotatable bonds is 3. The molecule has 1 aromatic heterocycles. The van der Waals surface area contributed by atoms with E-state index in [1.165, 1.54) is 44.3 Å². The molecule has 0 unspecified atom stereocenters. The van der Waals surface area contributed by atoms with Gasteiger partial charge in [-0.15, -0.1) is 0 Å². The first kappa shape index (κ1) is 29.8. The minimum absolute atomic E-state index is 0.458. The van der Waals surface area contributed by atoms with Gasteiger partial charge in [-0.25, -0.2) is 9.59 Å². The van der Waals surface area contributed by atoms with Gasteiger partial charge >= 0.3 is 24.3 Å². The molecule has 3 aliphatic rings. The second kappa shape index (κ2) is 12.7. The van der Waals surface area contributed by atoms with Crippen molar-refractivity contribution in [1.82, 2.24) is 19.6 Å². The molecule has 4 rings (SSSR count). The lowest BCUT2D eigenvalue weighted by Gasteiger charge is -2.25. The Hall–Kier alpha value is -2.39. The minimum Gasteiger partial charge on any atom is -0.475 e.